The summed E-state index contributed by atoms with van der Waals surface area (Å²) in [5.41, 5.74) is -0.438. The third-order valence-electron chi connectivity index (χ3n) is 3.98. The molecule has 1 aromatic carbocycles. The van der Waals surface area contributed by atoms with Crippen molar-refractivity contribution < 1.29 is 9.18 Å². The van der Waals surface area contributed by atoms with E-state index in [9.17, 15) is 9.18 Å². The van der Waals surface area contributed by atoms with Crippen molar-refractivity contribution in [3.63, 3.8) is 0 Å². The second-order valence-electron chi connectivity index (χ2n) is 5.37. The van der Waals surface area contributed by atoms with E-state index in [0.29, 0.717) is 29.3 Å². The van der Waals surface area contributed by atoms with Crippen molar-refractivity contribution in [2.45, 2.75) is 18.4 Å². The van der Waals surface area contributed by atoms with E-state index in [1.165, 1.54) is 6.07 Å². The summed E-state index contributed by atoms with van der Waals surface area (Å²) in [6, 6.07) is 4.37. The van der Waals surface area contributed by atoms with Gasteiger partial charge in [-0.3, -0.25) is 9.79 Å². The SMILES string of the molecule is CN1CCC2(CC1)N=C(c1ccc(Cl)cc1F)NC2=O. The van der Waals surface area contributed by atoms with Gasteiger partial charge in [-0.05, 0) is 38.1 Å². The third kappa shape index (κ3) is 2.21. The van der Waals surface area contributed by atoms with Gasteiger partial charge < -0.3 is 10.2 Å². The zero-order valence-electron chi connectivity index (χ0n) is 11.1. The Kier molecular flexibility index (Phi) is 3.26. The van der Waals surface area contributed by atoms with E-state index in [1.807, 2.05) is 7.05 Å². The number of piperidine rings is 1. The number of hydrogen-bond acceptors (Lipinski definition) is 3. The minimum Gasteiger partial charge on any atom is -0.308 e. The molecule has 0 radical (unpaired) electrons. The minimum absolute atomic E-state index is 0.130. The molecular formula is C14H15ClFN3O. The Morgan fingerprint density at radius 3 is 2.75 bits per heavy atom. The van der Waals surface area contributed by atoms with Crippen LogP contribution in [0.2, 0.25) is 5.02 Å². The fraction of sp³-hybridized carbons (Fsp3) is 0.429. The molecule has 2 aliphatic heterocycles. The summed E-state index contributed by atoms with van der Waals surface area (Å²) in [6.45, 7) is 1.63. The van der Waals surface area contributed by atoms with Crippen LogP contribution in [0.15, 0.2) is 23.2 Å². The normalized spacial score (nSPS) is 21.9. The number of amidine groups is 1. The monoisotopic (exact) mass is 295 g/mol. The van der Waals surface area contributed by atoms with Crippen molar-refractivity contribution >= 4 is 23.3 Å². The highest BCUT2D eigenvalue weighted by Crippen LogP contribution is 2.31. The number of hydrogen-bond donors (Lipinski definition) is 1. The lowest BCUT2D eigenvalue weighted by Crippen LogP contribution is -2.47. The topological polar surface area (TPSA) is 44.7 Å². The van der Waals surface area contributed by atoms with Gasteiger partial charge in [0, 0.05) is 18.1 Å². The lowest BCUT2D eigenvalue weighted by molar-refractivity contribution is -0.125. The van der Waals surface area contributed by atoms with Crippen LogP contribution in [0, 0.1) is 5.82 Å². The van der Waals surface area contributed by atoms with Crippen LogP contribution in [0.4, 0.5) is 4.39 Å². The van der Waals surface area contributed by atoms with Gasteiger partial charge in [-0.25, -0.2) is 4.39 Å². The van der Waals surface area contributed by atoms with Crippen LogP contribution in [-0.2, 0) is 4.79 Å². The maximum absolute atomic E-state index is 13.9. The fourth-order valence-electron chi connectivity index (χ4n) is 2.65. The number of amides is 1. The summed E-state index contributed by atoms with van der Waals surface area (Å²) >= 11 is 5.74. The molecule has 2 aliphatic rings. The van der Waals surface area contributed by atoms with Crippen molar-refractivity contribution in [1.29, 1.82) is 0 Å². The highest BCUT2D eigenvalue weighted by atomic mass is 35.5. The number of benzene rings is 1. The lowest BCUT2D eigenvalue weighted by Gasteiger charge is -2.33. The first-order chi connectivity index (χ1) is 9.50. The molecule has 20 heavy (non-hydrogen) atoms. The average molecular weight is 296 g/mol. The Morgan fingerprint density at radius 1 is 1.40 bits per heavy atom. The van der Waals surface area contributed by atoms with Crippen LogP contribution in [0.5, 0.6) is 0 Å². The molecule has 0 aliphatic carbocycles. The summed E-state index contributed by atoms with van der Waals surface area (Å²) in [4.78, 5) is 18.9. The molecule has 0 aromatic heterocycles. The quantitative estimate of drug-likeness (QED) is 0.859. The molecule has 1 aromatic rings. The van der Waals surface area contributed by atoms with E-state index < -0.39 is 11.4 Å². The number of likely N-dealkylation sites (tertiary alicyclic amines) is 1. The van der Waals surface area contributed by atoms with Gasteiger partial charge in [0.1, 0.15) is 17.2 Å². The molecule has 2 heterocycles. The van der Waals surface area contributed by atoms with Gasteiger partial charge in [0.15, 0.2) is 0 Å². The second-order valence-corrected chi connectivity index (χ2v) is 5.81. The van der Waals surface area contributed by atoms with E-state index >= 15 is 0 Å². The summed E-state index contributed by atoms with van der Waals surface area (Å²) in [6.07, 6.45) is 1.32. The number of nitrogens with zero attached hydrogens (tertiary/aromatic N) is 2. The molecule has 106 valence electrons. The maximum atomic E-state index is 13.9. The molecule has 1 amide bonds. The second kappa shape index (κ2) is 4.82. The van der Waals surface area contributed by atoms with Crippen LogP contribution in [0.3, 0.4) is 0 Å². The van der Waals surface area contributed by atoms with Gasteiger partial charge in [0.2, 0.25) is 0 Å². The first-order valence-corrected chi connectivity index (χ1v) is 6.93. The molecular weight excluding hydrogens is 281 g/mol. The van der Waals surface area contributed by atoms with Crippen LogP contribution >= 0.6 is 11.6 Å². The number of halogens is 2. The first kappa shape index (κ1) is 13.5. The molecule has 0 unspecified atom stereocenters. The van der Waals surface area contributed by atoms with E-state index in [0.717, 1.165) is 13.1 Å². The largest absolute Gasteiger partial charge is 0.308 e. The van der Waals surface area contributed by atoms with E-state index in [2.05, 4.69) is 15.2 Å². The molecule has 1 spiro atoms. The zero-order chi connectivity index (χ0) is 14.3. The molecule has 1 saturated heterocycles. The Labute approximate surface area is 121 Å². The van der Waals surface area contributed by atoms with Crippen LogP contribution in [0.25, 0.3) is 0 Å². The van der Waals surface area contributed by atoms with Gasteiger partial charge in [0.25, 0.3) is 5.91 Å². The van der Waals surface area contributed by atoms with Gasteiger partial charge in [-0.2, -0.15) is 0 Å². The number of carbonyl (C=O) groups is 1. The number of aliphatic imine (C=N–C) groups is 1. The molecule has 6 heteroatoms. The number of rotatable bonds is 1. The summed E-state index contributed by atoms with van der Waals surface area (Å²) in [5.74, 6) is -0.287. The van der Waals surface area contributed by atoms with E-state index in [1.54, 1.807) is 12.1 Å². The van der Waals surface area contributed by atoms with Crippen molar-refractivity contribution in [2.24, 2.45) is 4.99 Å². The average Bonchev–Trinajstić information content (AvgIpc) is 2.71. The Morgan fingerprint density at radius 2 is 2.10 bits per heavy atom. The smallest absolute Gasteiger partial charge is 0.253 e. The standard InChI is InChI=1S/C14H15ClFN3O/c1-19-6-4-14(5-7-19)13(20)17-12(18-14)10-3-2-9(15)8-11(10)16/h2-3,8H,4-7H2,1H3,(H,17,18,20). The van der Waals surface area contributed by atoms with E-state index in [-0.39, 0.29) is 5.91 Å². The summed E-state index contributed by atoms with van der Waals surface area (Å²) < 4.78 is 13.9. The minimum atomic E-state index is -0.728. The van der Waals surface area contributed by atoms with Crippen LogP contribution in [-0.4, -0.2) is 42.3 Å². The predicted molar refractivity (Wildman–Crippen MR) is 75.6 cm³/mol. The Hall–Kier alpha value is -1.46. The van der Waals surface area contributed by atoms with E-state index in [4.69, 9.17) is 11.6 Å². The Balaban J connectivity index is 1.94. The number of carbonyl (C=O) groups excluding carboxylic acids is 1. The Bertz CT molecular complexity index is 594. The van der Waals surface area contributed by atoms with Crippen LogP contribution < -0.4 is 5.32 Å². The van der Waals surface area contributed by atoms with Gasteiger partial charge in [-0.1, -0.05) is 11.6 Å². The zero-order valence-corrected chi connectivity index (χ0v) is 11.9. The molecule has 1 fully saturated rings. The lowest BCUT2D eigenvalue weighted by atomic mass is 9.88. The molecule has 4 nitrogen and oxygen atoms in total. The van der Waals surface area contributed by atoms with Crippen molar-refractivity contribution in [1.82, 2.24) is 10.2 Å². The van der Waals surface area contributed by atoms with Crippen molar-refractivity contribution in [2.75, 3.05) is 20.1 Å². The van der Waals surface area contributed by atoms with Gasteiger partial charge in [-0.15, -0.1) is 0 Å². The maximum Gasteiger partial charge on any atom is 0.253 e. The highest BCUT2D eigenvalue weighted by molar-refractivity contribution is 6.30. The van der Waals surface area contributed by atoms with Crippen molar-refractivity contribution in [3.05, 3.63) is 34.6 Å². The number of nitrogens with one attached hydrogen (secondary N) is 1. The predicted octanol–water partition coefficient (Wildman–Crippen LogP) is 1.82. The van der Waals surface area contributed by atoms with Gasteiger partial charge >= 0.3 is 0 Å². The van der Waals surface area contributed by atoms with Crippen molar-refractivity contribution in [3.8, 4) is 0 Å². The molecule has 0 bridgehead atoms. The van der Waals surface area contributed by atoms with Crippen LogP contribution in [0.1, 0.15) is 18.4 Å². The molecule has 0 saturated carbocycles. The first-order valence-electron chi connectivity index (χ1n) is 6.55. The highest BCUT2D eigenvalue weighted by Gasteiger charge is 2.45. The summed E-state index contributed by atoms with van der Waals surface area (Å²) in [5, 5.41) is 3.04. The fourth-order valence-corrected chi connectivity index (χ4v) is 2.81. The molecule has 3 rings (SSSR count). The van der Waals surface area contributed by atoms with Gasteiger partial charge in [0.05, 0.1) is 5.56 Å². The molecule has 1 N–H and O–H groups in total. The molecule has 0 atom stereocenters. The summed E-state index contributed by atoms with van der Waals surface area (Å²) in [7, 11) is 2.02. The third-order valence-corrected chi connectivity index (χ3v) is 4.22.